The minimum Gasteiger partial charge on any atom is -0.414 e. The summed E-state index contributed by atoms with van der Waals surface area (Å²) in [5, 5.41) is 15.3. The summed E-state index contributed by atoms with van der Waals surface area (Å²) in [6.45, 7) is 19.7. The molecule has 0 bridgehead atoms. The molecule has 0 spiro atoms. The fourth-order valence-electron chi connectivity index (χ4n) is 3.68. The van der Waals surface area contributed by atoms with Gasteiger partial charge in [0.1, 0.15) is 23.9 Å². The lowest BCUT2D eigenvalue weighted by molar-refractivity contribution is -0.138. The van der Waals surface area contributed by atoms with Crippen molar-refractivity contribution in [1.29, 1.82) is 0 Å². The molecule has 1 saturated heterocycles. The van der Waals surface area contributed by atoms with E-state index in [1.54, 1.807) is 0 Å². The zero-order valence-electron chi connectivity index (χ0n) is 23.9. The average Bonchev–Trinajstić information content (AvgIpc) is 3.00. The Morgan fingerprint density at radius 2 is 1.79 bits per heavy atom. The number of nitrogens with zero attached hydrogens (tertiary/aromatic N) is 4. The number of nitrogens with one attached hydrogen (secondary N) is 1. The predicted octanol–water partition coefficient (Wildman–Crippen LogP) is 2.74. The van der Waals surface area contributed by atoms with Crippen molar-refractivity contribution < 1.29 is 23.5 Å². The van der Waals surface area contributed by atoms with Gasteiger partial charge in [-0.2, -0.15) is 0 Å². The smallest absolute Gasteiger partial charge is 0.330 e. The summed E-state index contributed by atoms with van der Waals surface area (Å²) in [5.74, 6) is -1.09. The van der Waals surface area contributed by atoms with E-state index in [9.17, 15) is 25.0 Å². The number of carbonyl (C=O) groups excluding carboxylic acids is 1. The van der Waals surface area contributed by atoms with Crippen molar-refractivity contribution in [1.82, 2.24) is 9.55 Å². The van der Waals surface area contributed by atoms with Crippen LogP contribution in [0.25, 0.3) is 10.4 Å². The van der Waals surface area contributed by atoms with Gasteiger partial charge in [-0.3, -0.25) is 19.1 Å². The lowest BCUT2D eigenvalue weighted by Gasteiger charge is -2.45. The molecule has 0 aromatic carbocycles. The Morgan fingerprint density at radius 1 is 1.24 bits per heavy atom. The minimum atomic E-state index is -2.73. The number of H-pyrrole nitrogens is 1. The monoisotopic (exact) mass is 570 g/mol. The molecule has 2 rings (SSSR count). The first-order valence-electron chi connectivity index (χ1n) is 12.4. The van der Waals surface area contributed by atoms with Crippen LogP contribution in [-0.4, -0.2) is 67.7 Å². The minimum absolute atomic E-state index is 0.191. The molecule has 0 aliphatic carbocycles. The molecule has 1 amide bonds. The van der Waals surface area contributed by atoms with Crippen molar-refractivity contribution in [3.8, 4) is 0 Å². The zero-order valence-corrected chi connectivity index (χ0v) is 25.9. The highest BCUT2D eigenvalue weighted by Gasteiger charge is 2.64. The highest BCUT2D eigenvalue weighted by atomic mass is 28.4. The van der Waals surface area contributed by atoms with Crippen molar-refractivity contribution in [3.63, 3.8) is 0 Å². The molecule has 0 saturated carbocycles. The summed E-state index contributed by atoms with van der Waals surface area (Å²) >= 11 is 0. The molecular formula is C23H42N6O7Si2. The Kier molecular flexibility index (Phi) is 9.01. The van der Waals surface area contributed by atoms with Gasteiger partial charge in [0.05, 0.1) is 6.61 Å². The molecule has 5 atom stereocenters. The number of aromatic amines is 1. The van der Waals surface area contributed by atoms with E-state index < -0.39 is 63.9 Å². The number of primary amides is 1. The Morgan fingerprint density at radius 3 is 2.24 bits per heavy atom. The van der Waals surface area contributed by atoms with E-state index in [0.29, 0.717) is 0 Å². The van der Waals surface area contributed by atoms with E-state index in [2.05, 4.69) is 15.0 Å². The second kappa shape index (κ2) is 10.7. The van der Waals surface area contributed by atoms with Crippen LogP contribution in [-0.2, 0) is 18.4 Å². The molecular weight excluding hydrogens is 528 g/mol. The predicted molar refractivity (Wildman–Crippen MR) is 148 cm³/mol. The van der Waals surface area contributed by atoms with Crippen molar-refractivity contribution >= 4 is 22.5 Å². The van der Waals surface area contributed by atoms with E-state index in [1.807, 2.05) is 67.7 Å². The third kappa shape index (κ3) is 6.14. The molecule has 2 heterocycles. The van der Waals surface area contributed by atoms with Crippen LogP contribution in [0.3, 0.4) is 0 Å². The fraction of sp³-hybridized carbons (Fsp3) is 0.783. The van der Waals surface area contributed by atoms with Crippen LogP contribution in [0.2, 0.25) is 36.3 Å². The number of amides is 1. The van der Waals surface area contributed by atoms with Crippen molar-refractivity contribution in [3.05, 3.63) is 43.5 Å². The maximum absolute atomic E-state index is 12.8. The van der Waals surface area contributed by atoms with Gasteiger partial charge in [-0.1, -0.05) is 46.7 Å². The van der Waals surface area contributed by atoms with Gasteiger partial charge in [-0.25, -0.2) is 4.79 Å². The second-order valence-electron chi connectivity index (χ2n) is 12.8. The summed E-state index contributed by atoms with van der Waals surface area (Å²) in [6, 6.07) is -0.676. The molecule has 4 N–H and O–H groups in total. The summed E-state index contributed by atoms with van der Waals surface area (Å²) < 4.78 is 20.3. The number of nitrogens with two attached hydrogens (primary N) is 1. The SMILES string of the molecule is CC(C)(C)[Si](C)(C)OC[C@H]1O[C@@H](n2ccc(=O)[nH]c2=O)[C@H](O[Si](C)(C)C(C)(C)C)C1(O)[C@H](N=[N+]=[N-])C(N)=O. The maximum Gasteiger partial charge on any atom is 0.330 e. The van der Waals surface area contributed by atoms with Crippen LogP contribution in [0.5, 0.6) is 0 Å². The first-order valence-corrected chi connectivity index (χ1v) is 18.3. The van der Waals surface area contributed by atoms with E-state index in [-0.39, 0.29) is 16.7 Å². The highest BCUT2D eigenvalue weighted by Crippen LogP contribution is 2.47. The van der Waals surface area contributed by atoms with Gasteiger partial charge in [0.25, 0.3) is 5.56 Å². The molecule has 1 aromatic rings. The fourth-order valence-corrected chi connectivity index (χ4v) is 5.97. The van der Waals surface area contributed by atoms with E-state index in [0.717, 1.165) is 10.6 Å². The molecule has 1 aromatic heterocycles. The van der Waals surface area contributed by atoms with Gasteiger partial charge in [0.2, 0.25) is 5.91 Å². The van der Waals surface area contributed by atoms with Crippen molar-refractivity contribution in [2.24, 2.45) is 10.8 Å². The van der Waals surface area contributed by atoms with Crippen LogP contribution >= 0.6 is 0 Å². The number of hydrogen-bond donors (Lipinski definition) is 3. The standard InChI is InChI=1S/C23H42N6O7Si2/c1-21(2,3)37(7,8)34-13-14-23(33,16(18(24)31)27-28-25)17(36-38(9,10)22(4,5)6)19(35-14)29-12-11-15(30)26-20(29)32/h11-12,14,16-17,19,33H,13H2,1-10H3,(H2,24,31)(H,26,30,32)/t14-,16-,17+,19-,23?/m1/s1. The van der Waals surface area contributed by atoms with Crippen LogP contribution in [0.4, 0.5) is 0 Å². The number of hydrogen-bond acceptors (Lipinski definition) is 8. The lowest BCUT2D eigenvalue weighted by Crippen LogP contribution is -2.64. The highest BCUT2D eigenvalue weighted by molar-refractivity contribution is 6.74. The zero-order chi connectivity index (χ0) is 29.5. The quantitative estimate of drug-likeness (QED) is 0.176. The summed E-state index contributed by atoms with van der Waals surface area (Å²) in [6.07, 6.45) is -2.75. The van der Waals surface area contributed by atoms with Gasteiger partial charge in [-0.05, 0) is 41.8 Å². The molecule has 1 aliphatic heterocycles. The second-order valence-corrected chi connectivity index (χ2v) is 22.4. The molecule has 1 unspecified atom stereocenters. The Bertz CT molecular complexity index is 1190. The van der Waals surface area contributed by atoms with Crippen LogP contribution in [0.1, 0.15) is 47.8 Å². The first-order chi connectivity index (χ1) is 17.1. The van der Waals surface area contributed by atoms with Gasteiger partial charge in [-0.15, -0.1) is 0 Å². The van der Waals surface area contributed by atoms with Crippen molar-refractivity contribution in [2.75, 3.05) is 6.61 Å². The Hall–Kier alpha value is -2.27. The number of aromatic nitrogens is 2. The summed E-state index contributed by atoms with van der Waals surface area (Å²) in [4.78, 5) is 42.1. The van der Waals surface area contributed by atoms with E-state index in [1.165, 1.54) is 6.20 Å². The number of aliphatic hydroxyl groups is 1. The third-order valence-corrected chi connectivity index (χ3v) is 17.1. The normalized spacial score (nSPS) is 25.6. The van der Waals surface area contributed by atoms with E-state index >= 15 is 0 Å². The van der Waals surface area contributed by atoms with Crippen LogP contribution < -0.4 is 17.0 Å². The Labute approximate surface area is 224 Å². The Balaban J connectivity index is 2.80. The maximum atomic E-state index is 12.8. The average molecular weight is 571 g/mol. The first kappa shape index (κ1) is 31.9. The van der Waals surface area contributed by atoms with Gasteiger partial charge in [0, 0.05) is 17.2 Å². The topological polar surface area (TPSA) is 195 Å². The lowest BCUT2D eigenvalue weighted by atomic mass is 9.84. The number of azide groups is 1. The summed E-state index contributed by atoms with van der Waals surface area (Å²) in [7, 11) is -5.12. The van der Waals surface area contributed by atoms with Gasteiger partial charge < -0.3 is 24.4 Å². The van der Waals surface area contributed by atoms with Crippen LogP contribution in [0, 0.1) is 0 Å². The molecule has 0 radical (unpaired) electrons. The molecule has 1 aliphatic rings. The van der Waals surface area contributed by atoms with Crippen molar-refractivity contribution in [2.45, 2.75) is 108 Å². The molecule has 13 nitrogen and oxygen atoms in total. The third-order valence-electron chi connectivity index (χ3n) is 8.16. The molecule has 15 heteroatoms. The van der Waals surface area contributed by atoms with Gasteiger partial charge in [0.15, 0.2) is 22.9 Å². The largest absolute Gasteiger partial charge is 0.414 e. The molecule has 214 valence electrons. The number of ether oxygens (including phenoxy) is 1. The van der Waals surface area contributed by atoms with Crippen LogP contribution in [0.15, 0.2) is 27.0 Å². The number of rotatable bonds is 9. The van der Waals surface area contributed by atoms with Gasteiger partial charge >= 0.3 is 5.69 Å². The molecule has 38 heavy (non-hydrogen) atoms. The number of carbonyl (C=O) groups is 1. The molecule has 1 fully saturated rings. The van der Waals surface area contributed by atoms with E-state index in [4.69, 9.17) is 19.3 Å². The summed E-state index contributed by atoms with van der Waals surface area (Å²) in [5.41, 5.74) is 11.2.